The molecule has 0 bridgehead atoms. The molecule has 10 heteroatoms. The van der Waals surface area contributed by atoms with E-state index < -0.39 is 4.92 Å². The van der Waals surface area contributed by atoms with Crippen molar-refractivity contribution in [1.29, 1.82) is 0 Å². The van der Waals surface area contributed by atoms with Gasteiger partial charge >= 0.3 is 0 Å². The van der Waals surface area contributed by atoms with E-state index in [0.717, 1.165) is 48.0 Å². The molecule has 0 unspecified atom stereocenters. The predicted octanol–water partition coefficient (Wildman–Crippen LogP) is 5.61. The van der Waals surface area contributed by atoms with Gasteiger partial charge in [-0.25, -0.2) is 0 Å². The van der Waals surface area contributed by atoms with E-state index in [1.165, 1.54) is 23.9 Å². The van der Waals surface area contributed by atoms with Crippen LogP contribution < -0.4 is 4.90 Å². The molecule has 0 saturated carbocycles. The number of nitro benzene ring substituents is 1. The van der Waals surface area contributed by atoms with Crippen LogP contribution in [0.15, 0.2) is 68.9 Å². The molecule has 0 atom stereocenters. The molecule has 2 aromatic carbocycles. The second-order valence-corrected chi connectivity index (χ2v) is 9.64. The van der Waals surface area contributed by atoms with Crippen LogP contribution in [-0.2, 0) is 4.79 Å². The first-order valence-corrected chi connectivity index (χ1v) is 12.2. The van der Waals surface area contributed by atoms with Gasteiger partial charge in [0.2, 0.25) is 0 Å². The van der Waals surface area contributed by atoms with Gasteiger partial charge in [-0.2, -0.15) is 4.99 Å². The summed E-state index contributed by atoms with van der Waals surface area (Å²) in [4.78, 5) is 32.1. The number of halogens is 1. The van der Waals surface area contributed by atoms with Crippen molar-refractivity contribution in [3.05, 3.63) is 86.0 Å². The van der Waals surface area contributed by atoms with Gasteiger partial charge in [0.25, 0.3) is 11.6 Å². The average Bonchev–Trinajstić information content (AvgIpc) is 3.48. The van der Waals surface area contributed by atoms with Crippen LogP contribution in [0.5, 0.6) is 0 Å². The third kappa shape index (κ3) is 4.96. The molecule has 2 aliphatic heterocycles. The fourth-order valence-electron chi connectivity index (χ4n) is 3.93. The van der Waals surface area contributed by atoms with Crippen molar-refractivity contribution < 1.29 is 14.1 Å². The zero-order valence-corrected chi connectivity index (χ0v) is 20.4. The van der Waals surface area contributed by atoms with E-state index in [-0.39, 0.29) is 11.6 Å². The minimum absolute atomic E-state index is 0.0174. The van der Waals surface area contributed by atoms with E-state index in [9.17, 15) is 14.9 Å². The van der Waals surface area contributed by atoms with Crippen LogP contribution in [0.1, 0.15) is 11.3 Å². The number of benzene rings is 2. The molecule has 3 aromatic rings. The Kier molecular flexibility index (Phi) is 6.36. The fraction of sp³-hybridized carbons (Fsp3) is 0.200. The fourth-order valence-corrected chi connectivity index (χ4v) is 5.05. The largest absolute Gasteiger partial charge is 0.457 e. The van der Waals surface area contributed by atoms with Crippen LogP contribution >= 0.6 is 23.4 Å². The van der Waals surface area contributed by atoms with Gasteiger partial charge in [-0.05, 0) is 60.6 Å². The molecule has 1 fully saturated rings. The van der Waals surface area contributed by atoms with E-state index >= 15 is 0 Å². The molecule has 178 valence electrons. The van der Waals surface area contributed by atoms with Gasteiger partial charge in [0.05, 0.1) is 9.83 Å². The summed E-state index contributed by atoms with van der Waals surface area (Å²) < 4.78 is 5.85. The first kappa shape index (κ1) is 23.2. The maximum atomic E-state index is 12.5. The zero-order chi connectivity index (χ0) is 24.5. The molecule has 0 radical (unpaired) electrons. The van der Waals surface area contributed by atoms with Gasteiger partial charge < -0.3 is 14.2 Å². The number of carbonyl (C=O) groups is 1. The SMILES string of the molecule is Cc1ccc(N2CCN(C3=NC(=O)/C(=C\c4ccc(-c5ccc([N+](=O)[O-])cc5)o4)S3)CC2)cc1Cl. The number of anilines is 1. The van der Waals surface area contributed by atoms with Gasteiger partial charge in [0.1, 0.15) is 11.5 Å². The van der Waals surface area contributed by atoms with Crippen molar-refractivity contribution in [2.75, 3.05) is 31.1 Å². The molecular weight excluding hydrogens is 488 g/mol. The number of amides is 1. The number of hydrogen-bond donors (Lipinski definition) is 0. The highest BCUT2D eigenvalue weighted by atomic mass is 35.5. The second-order valence-electron chi connectivity index (χ2n) is 8.22. The Morgan fingerprint density at radius 2 is 1.77 bits per heavy atom. The second kappa shape index (κ2) is 9.59. The molecule has 35 heavy (non-hydrogen) atoms. The number of rotatable bonds is 4. The van der Waals surface area contributed by atoms with E-state index in [1.807, 2.05) is 19.1 Å². The number of hydrogen-bond acceptors (Lipinski definition) is 7. The van der Waals surface area contributed by atoms with Crippen LogP contribution in [-0.4, -0.2) is 47.1 Å². The maximum Gasteiger partial charge on any atom is 0.286 e. The molecule has 1 aromatic heterocycles. The lowest BCUT2D eigenvalue weighted by molar-refractivity contribution is -0.384. The third-order valence-corrected chi connectivity index (χ3v) is 7.39. The van der Waals surface area contributed by atoms with Crippen molar-refractivity contribution in [2.45, 2.75) is 6.92 Å². The lowest BCUT2D eigenvalue weighted by Gasteiger charge is -2.36. The lowest BCUT2D eigenvalue weighted by atomic mass is 10.1. The van der Waals surface area contributed by atoms with Gasteiger partial charge in [-0.1, -0.05) is 17.7 Å². The Morgan fingerprint density at radius 3 is 2.46 bits per heavy atom. The van der Waals surface area contributed by atoms with Crippen LogP contribution in [0, 0.1) is 17.0 Å². The Balaban J connectivity index is 1.22. The lowest BCUT2D eigenvalue weighted by Crippen LogP contribution is -2.47. The highest BCUT2D eigenvalue weighted by Crippen LogP contribution is 2.33. The number of piperazine rings is 1. The van der Waals surface area contributed by atoms with Crippen LogP contribution in [0.3, 0.4) is 0 Å². The molecule has 5 rings (SSSR count). The van der Waals surface area contributed by atoms with Gasteiger partial charge in [-0.3, -0.25) is 14.9 Å². The number of furan rings is 1. The zero-order valence-electron chi connectivity index (χ0n) is 18.8. The van der Waals surface area contributed by atoms with E-state index in [0.29, 0.717) is 21.6 Å². The van der Waals surface area contributed by atoms with E-state index in [4.69, 9.17) is 16.0 Å². The summed E-state index contributed by atoms with van der Waals surface area (Å²) in [6.45, 7) is 5.11. The number of aryl methyl sites for hydroxylation is 1. The molecule has 1 amide bonds. The number of carbonyl (C=O) groups excluding carboxylic acids is 1. The quantitative estimate of drug-likeness (QED) is 0.257. The van der Waals surface area contributed by atoms with Crippen molar-refractivity contribution in [1.82, 2.24) is 4.90 Å². The summed E-state index contributed by atoms with van der Waals surface area (Å²) >= 11 is 7.63. The summed E-state index contributed by atoms with van der Waals surface area (Å²) in [5.41, 5.74) is 2.89. The molecule has 0 aliphatic carbocycles. The normalized spacial score (nSPS) is 17.3. The smallest absolute Gasteiger partial charge is 0.286 e. The van der Waals surface area contributed by atoms with Crippen LogP contribution in [0.4, 0.5) is 11.4 Å². The number of nitro groups is 1. The molecule has 0 N–H and O–H groups in total. The van der Waals surface area contributed by atoms with Crippen molar-refractivity contribution in [3.63, 3.8) is 0 Å². The summed E-state index contributed by atoms with van der Waals surface area (Å²) in [7, 11) is 0. The van der Waals surface area contributed by atoms with Crippen LogP contribution in [0.2, 0.25) is 5.02 Å². The summed E-state index contributed by atoms with van der Waals surface area (Å²) in [6, 6.07) is 15.8. The summed E-state index contributed by atoms with van der Waals surface area (Å²) in [5.74, 6) is 0.799. The number of amidine groups is 1. The molecule has 2 aliphatic rings. The van der Waals surface area contributed by atoms with E-state index in [1.54, 1.807) is 30.3 Å². The first-order chi connectivity index (χ1) is 16.9. The summed E-state index contributed by atoms with van der Waals surface area (Å²) in [5, 5.41) is 12.3. The highest BCUT2D eigenvalue weighted by molar-refractivity contribution is 8.18. The topological polar surface area (TPSA) is 92.2 Å². The Hall–Kier alpha value is -3.56. The number of aliphatic imine (C=N–C) groups is 1. The highest BCUT2D eigenvalue weighted by Gasteiger charge is 2.29. The van der Waals surface area contributed by atoms with Crippen molar-refractivity contribution >= 4 is 51.9 Å². The third-order valence-electron chi connectivity index (χ3n) is 5.94. The summed E-state index contributed by atoms with van der Waals surface area (Å²) in [6.07, 6.45) is 1.68. The Labute approximate surface area is 211 Å². The first-order valence-electron chi connectivity index (χ1n) is 11.0. The van der Waals surface area contributed by atoms with Crippen molar-refractivity contribution in [2.24, 2.45) is 4.99 Å². The van der Waals surface area contributed by atoms with Gasteiger partial charge in [-0.15, -0.1) is 0 Å². The monoisotopic (exact) mass is 508 g/mol. The number of non-ortho nitro benzene ring substituents is 1. The maximum absolute atomic E-state index is 12.5. The molecule has 8 nitrogen and oxygen atoms in total. The van der Waals surface area contributed by atoms with Crippen molar-refractivity contribution in [3.8, 4) is 11.3 Å². The predicted molar refractivity (Wildman–Crippen MR) is 139 cm³/mol. The van der Waals surface area contributed by atoms with E-state index in [2.05, 4.69) is 20.9 Å². The minimum atomic E-state index is -0.444. The van der Waals surface area contributed by atoms with Gasteiger partial charge in [0.15, 0.2) is 5.17 Å². The van der Waals surface area contributed by atoms with Crippen LogP contribution in [0.25, 0.3) is 17.4 Å². The standard InChI is InChI=1S/C25H21ClN4O4S/c1-16-2-5-19(14-21(16)26)28-10-12-29(13-11-28)25-27-24(31)23(35-25)15-20-8-9-22(34-20)17-3-6-18(7-4-17)30(32)33/h2-9,14-15H,10-13H2,1H3/b23-15+. The minimum Gasteiger partial charge on any atom is -0.457 e. The number of nitrogens with zero attached hydrogens (tertiary/aromatic N) is 4. The molecule has 3 heterocycles. The Bertz CT molecular complexity index is 1360. The molecular formula is C25H21ClN4O4S. The average molecular weight is 509 g/mol. The van der Waals surface area contributed by atoms with Gasteiger partial charge in [0, 0.05) is 60.7 Å². The number of thioether (sulfide) groups is 1. The Morgan fingerprint density at radius 1 is 1.06 bits per heavy atom. The molecule has 1 saturated heterocycles. The molecule has 0 spiro atoms.